The van der Waals surface area contributed by atoms with Gasteiger partial charge in [0.2, 0.25) is 5.91 Å². The van der Waals surface area contributed by atoms with Crippen LogP contribution in [0.2, 0.25) is 0 Å². The summed E-state index contributed by atoms with van der Waals surface area (Å²) in [6.07, 6.45) is 1.98. The first-order valence-electron chi connectivity index (χ1n) is 6.58. The molecule has 0 radical (unpaired) electrons. The number of hydrogen-bond acceptors (Lipinski definition) is 4. The summed E-state index contributed by atoms with van der Waals surface area (Å²) < 4.78 is 0. The Labute approximate surface area is 118 Å². The Kier molecular flexibility index (Phi) is 6.23. The number of carbonyl (C=O) groups is 3. The van der Waals surface area contributed by atoms with E-state index >= 15 is 0 Å². The van der Waals surface area contributed by atoms with Crippen LogP contribution in [0.3, 0.4) is 0 Å². The van der Waals surface area contributed by atoms with Crippen LogP contribution in [0.15, 0.2) is 0 Å². The number of piperidine rings is 1. The number of aliphatic carboxylic acids is 1. The van der Waals surface area contributed by atoms with Gasteiger partial charge in [-0.05, 0) is 26.4 Å². The van der Waals surface area contributed by atoms with Crippen molar-refractivity contribution in [1.82, 2.24) is 20.4 Å². The van der Waals surface area contributed by atoms with Crippen molar-refractivity contribution in [3.8, 4) is 0 Å². The maximum atomic E-state index is 11.9. The Balaban J connectivity index is 2.30. The number of carbonyl (C=O) groups excluding carboxylic acids is 2. The molecule has 1 fully saturated rings. The summed E-state index contributed by atoms with van der Waals surface area (Å²) in [5.41, 5.74) is 0. The van der Waals surface area contributed by atoms with Crippen LogP contribution in [-0.2, 0) is 9.59 Å². The van der Waals surface area contributed by atoms with E-state index in [2.05, 4.69) is 15.5 Å². The summed E-state index contributed by atoms with van der Waals surface area (Å²) >= 11 is 0. The lowest BCUT2D eigenvalue weighted by molar-refractivity contribution is -0.137. The van der Waals surface area contributed by atoms with Gasteiger partial charge in [-0.25, -0.2) is 4.79 Å². The Morgan fingerprint density at radius 1 is 1.30 bits per heavy atom. The number of rotatable bonds is 5. The molecule has 1 heterocycles. The molecule has 0 aromatic carbocycles. The molecule has 1 saturated heterocycles. The average Bonchev–Trinajstić information content (AvgIpc) is 2.41. The van der Waals surface area contributed by atoms with Gasteiger partial charge in [0, 0.05) is 19.6 Å². The predicted octanol–water partition coefficient (Wildman–Crippen LogP) is -1.08. The van der Waals surface area contributed by atoms with Crippen LogP contribution in [-0.4, -0.2) is 79.1 Å². The van der Waals surface area contributed by atoms with Gasteiger partial charge in [0.1, 0.15) is 6.54 Å². The molecular weight excluding hydrogens is 264 g/mol. The summed E-state index contributed by atoms with van der Waals surface area (Å²) in [4.78, 5) is 37.2. The van der Waals surface area contributed by atoms with Crippen LogP contribution in [0.25, 0.3) is 0 Å². The number of carboxylic acid groups (broad SMARTS) is 1. The maximum absolute atomic E-state index is 11.9. The normalized spacial score (nSPS) is 19.2. The van der Waals surface area contributed by atoms with Crippen molar-refractivity contribution in [3.63, 3.8) is 0 Å². The third-order valence-electron chi connectivity index (χ3n) is 3.30. The molecule has 1 rings (SSSR count). The largest absolute Gasteiger partial charge is 0.480 e. The molecule has 3 amide bonds. The van der Waals surface area contributed by atoms with Crippen molar-refractivity contribution in [2.45, 2.75) is 18.9 Å². The van der Waals surface area contributed by atoms with Crippen LogP contribution < -0.4 is 10.6 Å². The molecule has 0 aromatic rings. The number of nitrogens with zero attached hydrogens (tertiary/aromatic N) is 2. The Morgan fingerprint density at radius 3 is 2.60 bits per heavy atom. The highest BCUT2D eigenvalue weighted by atomic mass is 16.4. The Hall–Kier alpha value is -1.83. The highest BCUT2D eigenvalue weighted by molar-refractivity contribution is 5.86. The first kappa shape index (κ1) is 16.2. The fourth-order valence-corrected chi connectivity index (χ4v) is 2.14. The summed E-state index contributed by atoms with van der Waals surface area (Å²) in [7, 11) is 3.71. The third kappa shape index (κ3) is 5.43. The highest BCUT2D eigenvalue weighted by Gasteiger charge is 2.24. The summed E-state index contributed by atoms with van der Waals surface area (Å²) in [5, 5.41) is 13.1. The van der Waals surface area contributed by atoms with E-state index in [1.807, 2.05) is 7.05 Å². The van der Waals surface area contributed by atoms with Gasteiger partial charge in [-0.3, -0.25) is 9.59 Å². The second-order valence-corrected chi connectivity index (χ2v) is 5.00. The smallest absolute Gasteiger partial charge is 0.322 e. The zero-order chi connectivity index (χ0) is 15.1. The molecule has 8 nitrogen and oxygen atoms in total. The minimum absolute atomic E-state index is 0.135. The fraction of sp³-hybridized carbons (Fsp3) is 0.750. The lowest BCUT2D eigenvalue weighted by Crippen LogP contribution is -2.51. The molecule has 20 heavy (non-hydrogen) atoms. The first-order chi connectivity index (χ1) is 9.40. The van der Waals surface area contributed by atoms with Gasteiger partial charge in [-0.1, -0.05) is 0 Å². The molecule has 1 aliphatic rings. The number of hydrogen-bond donors (Lipinski definition) is 3. The van der Waals surface area contributed by atoms with Crippen LogP contribution in [0.1, 0.15) is 12.8 Å². The van der Waals surface area contributed by atoms with E-state index in [1.165, 1.54) is 0 Å². The van der Waals surface area contributed by atoms with Crippen molar-refractivity contribution in [2.24, 2.45) is 0 Å². The zero-order valence-electron chi connectivity index (χ0n) is 11.9. The molecule has 0 saturated carbocycles. The van der Waals surface area contributed by atoms with Gasteiger partial charge in [-0.2, -0.15) is 0 Å². The summed E-state index contributed by atoms with van der Waals surface area (Å²) in [5.74, 6) is -1.64. The van der Waals surface area contributed by atoms with Gasteiger partial charge >= 0.3 is 12.0 Å². The molecule has 1 aliphatic heterocycles. The van der Waals surface area contributed by atoms with E-state index in [1.54, 1.807) is 11.9 Å². The van der Waals surface area contributed by atoms with E-state index in [-0.39, 0.29) is 18.6 Å². The summed E-state index contributed by atoms with van der Waals surface area (Å²) in [6.45, 7) is 1.18. The van der Waals surface area contributed by atoms with Crippen molar-refractivity contribution in [2.75, 3.05) is 40.3 Å². The fourth-order valence-electron chi connectivity index (χ4n) is 2.14. The zero-order valence-corrected chi connectivity index (χ0v) is 11.9. The molecule has 0 aromatic heterocycles. The van der Waals surface area contributed by atoms with E-state index in [4.69, 9.17) is 5.11 Å². The number of urea groups is 1. The van der Waals surface area contributed by atoms with Crippen LogP contribution in [0.4, 0.5) is 4.79 Å². The Morgan fingerprint density at radius 2 is 2.00 bits per heavy atom. The molecule has 3 N–H and O–H groups in total. The van der Waals surface area contributed by atoms with E-state index in [0.29, 0.717) is 0 Å². The van der Waals surface area contributed by atoms with E-state index in [9.17, 15) is 14.4 Å². The lowest BCUT2D eigenvalue weighted by Gasteiger charge is -2.35. The van der Waals surface area contributed by atoms with E-state index < -0.39 is 18.4 Å². The molecule has 0 bridgehead atoms. The van der Waals surface area contributed by atoms with Crippen molar-refractivity contribution in [1.29, 1.82) is 0 Å². The standard InChI is InChI=1S/C12H22N4O4/c1-15-5-3-4-9(8-15)16(2)12(20)14-6-10(17)13-7-11(18)19/h9H,3-8H2,1-2H3,(H,13,17)(H,14,20)(H,18,19). The Bertz CT molecular complexity index is 374. The highest BCUT2D eigenvalue weighted by Crippen LogP contribution is 2.13. The minimum atomic E-state index is -1.12. The second kappa shape index (κ2) is 7.68. The molecule has 1 unspecified atom stereocenters. The van der Waals surface area contributed by atoms with Crippen molar-refractivity contribution in [3.05, 3.63) is 0 Å². The van der Waals surface area contributed by atoms with Crippen LogP contribution in [0.5, 0.6) is 0 Å². The van der Waals surface area contributed by atoms with Gasteiger partial charge < -0.3 is 25.5 Å². The monoisotopic (exact) mass is 286 g/mol. The van der Waals surface area contributed by atoms with Crippen molar-refractivity contribution >= 4 is 17.9 Å². The van der Waals surface area contributed by atoms with Gasteiger partial charge in [0.25, 0.3) is 0 Å². The van der Waals surface area contributed by atoms with Gasteiger partial charge in [0.15, 0.2) is 0 Å². The lowest BCUT2D eigenvalue weighted by atomic mass is 10.1. The van der Waals surface area contributed by atoms with Gasteiger partial charge in [-0.15, -0.1) is 0 Å². The molecule has 8 heteroatoms. The van der Waals surface area contributed by atoms with Crippen molar-refractivity contribution < 1.29 is 19.5 Å². The number of amides is 3. The number of likely N-dealkylation sites (N-methyl/N-ethyl adjacent to an activating group) is 2. The topological polar surface area (TPSA) is 102 Å². The third-order valence-corrected chi connectivity index (χ3v) is 3.30. The first-order valence-corrected chi connectivity index (χ1v) is 6.58. The molecule has 1 atom stereocenters. The average molecular weight is 286 g/mol. The number of carboxylic acids is 1. The molecular formula is C12H22N4O4. The quantitative estimate of drug-likeness (QED) is 0.597. The molecule has 114 valence electrons. The molecule has 0 aliphatic carbocycles. The second-order valence-electron chi connectivity index (χ2n) is 5.00. The minimum Gasteiger partial charge on any atom is -0.480 e. The van der Waals surface area contributed by atoms with E-state index in [0.717, 1.165) is 25.9 Å². The maximum Gasteiger partial charge on any atom is 0.322 e. The van der Waals surface area contributed by atoms with Crippen LogP contribution in [0, 0.1) is 0 Å². The summed E-state index contributed by atoms with van der Waals surface area (Å²) in [6, 6.07) is -0.188. The van der Waals surface area contributed by atoms with Crippen LogP contribution >= 0.6 is 0 Å². The number of likely N-dealkylation sites (tertiary alicyclic amines) is 1. The SMILES string of the molecule is CN1CCCC(N(C)C(=O)NCC(=O)NCC(=O)O)C1. The van der Waals surface area contributed by atoms with Gasteiger partial charge in [0.05, 0.1) is 6.54 Å². The molecule has 0 spiro atoms. The predicted molar refractivity (Wildman–Crippen MR) is 72.3 cm³/mol. The number of nitrogens with one attached hydrogen (secondary N) is 2.